The summed E-state index contributed by atoms with van der Waals surface area (Å²) >= 11 is 0. The van der Waals surface area contributed by atoms with Gasteiger partial charge < -0.3 is 15.7 Å². The van der Waals surface area contributed by atoms with E-state index in [2.05, 4.69) is 13.1 Å². The van der Waals surface area contributed by atoms with Crippen LogP contribution in [0, 0.1) is 13.8 Å². The summed E-state index contributed by atoms with van der Waals surface area (Å²) in [5.74, 6) is 0.498. The smallest absolute Gasteiger partial charge is 0.254 e. The van der Waals surface area contributed by atoms with Crippen molar-refractivity contribution in [2.45, 2.75) is 70.4 Å². The highest BCUT2D eigenvalue weighted by Gasteiger charge is 2.31. The number of aromatic nitrogens is 3. The molecule has 1 aromatic carbocycles. The molecule has 3 atom stereocenters. The first-order chi connectivity index (χ1) is 15.4. The van der Waals surface area contributed by atoms with E-state index in [1.165, 1.54) is 0 Å². The third-order valence-electron chi connectivity index (χ3n) is 7.11. The first-order valence-electron chi connectivity index (χ1n) is 11.6. The average Bonchev–Trinajstić information content (AvgIpc) is 3.40. The third kappa shape index (κ3) is 3.75. The number of benzene rings is 1. The number of phenolic OH excluding ortho intramolecular Hbond substituents is 1. The van der Waals surface area contributed by atoms with Gasteiger partial charge >= 0.3 is 0 Å². The van der Waals surface area contributed by atoms with Gasteiger partial charge in [0, 0.05) is 36.3 Å². The molecule has 2 aliphatic rings. The molecule has 1 saturated carbocycles. The molecule has 2 fully saturated rings. The van der Waals surface area contributed by atoms with Crippen molar-refractivity contribution >= 4 is 11.6 Å². The molecule has 168 valence electrons. The van der Waals surface area contributed by atoms with Gasteiger partial charge in [0.15, 0.2) is 5.65 Å². The molecule has 1 aliphatic heterocycles. The second kappa shape index (κ2) is 8.20. The summed E-state index contributed by atoms with van der Waals surface area (Å²) in [6.07, 6.45) is 8.07. The Morgan fingerprint density at radius 3 is 2.72 bits per heavy atom. The van der Waals surface area contributed by atoms with Gasteiger partial charge in [-0.15, -0.1) is 0 Å². The normalized spacial score (nSPS) is 23.7. The average molecular weight is 434 g/mol. The lowest BCUT2D eigenvalue weighted by Gasteiger charge is -2.34. The number of amides is 1. The van der Waals surface area contributed by atoms with Gasteiger partial charge in [-0.2, -0.15) is 5.10 Å². The maximum absolute atomic E-state index is 13.3. The topological polar surface area (TPSA) is 96.8 Å². The summed E-state index contributed by atoms with van der Waals surface area (Å²) in [5, 5.41) is 14.9. The molecule has 1 aliphatic carbocycles. The molecule has 0 bridgehead atoms. The maximum Gasteiger partial charge on any atom is 0.254 e. The number of aryl methyl sites for hydroxylation is 2. The minimum Gasteiger partial charge on any atom is -0.508 e. The number of likely N-dealkylation sites (tertiary alicyclic amines) is 1. The van der Waals surface area contributed by atoms with Crippen LogP contribution in [0.2, 0.25) is 0 Å². The number of phenols is 1. The molecule has 1 amide bonds. The van der Waals surface area contributed by atoms with Crippen LogP contribution < -0.4 is 5.73 Å². The van der Waals surface area contributed by atoms with Crippen LogP contribution in [0.5, 0.6) is 5.75 Å². The molecule has 5 rings (SSSR count). The van der Waals surface area contributed by atoms with Gasteiger partial charge in [-0.05, 0) is 75.6 Å². The Labute approximate surface area is 188 Å². The zero-order chi connectivity index (χ0) is 22.4. The van der Waals surface area contributed by atoms with E-state index < -0.39 is 0 Å². The van der Waals surface area contributed by atoms with Crippen LogP contribution in [0.3, 0.4) is 0 Å². The van der Waals surface area contributed by atoms with E-state index in [0.29, 0.717) is 18.0 Å². The number of hydrogen-bond acceptors (Lipinski definition) is 5. The van der Waals surface area contributed by atoms with E-state index in [1.54, 1.807) is 18.2 Å². The van der Waals surface area contributed by atoms with Gasteiger partial charge in [0.2, 0.25) is 0 Å². The van der Waals surface area contributed by atoms with Crippen molar-refractivity contribution in [3.63, 3.8) is 0 Å². The second-order valence-corrected chi connectivity index (χ2v) is 9.46. The van der Waals surface area contributed by atoms with E-state index in [1.807, 2.05) is 22.4 Å². The second-order valence-electron chi connectivity index (χ2n) is 9.46. The third-order valence-corrected chi connectivity index (χ3v) is 7.11. The monoisotopic (exact) mass is 433 g/mol. The number of rotatable bonds is 3. The standard InChI is InChI=1S/C25H31N5O2/c1-15-6-7-18(12-22(15)31)25(32)29-10-4-3-5-21(29)20-13-23-27-24(16(2)14-30(23)28-20)17-8-9-19(26)11-17/h6-7,12-14,17,19,21,31H,3-5,8-11,26H2,1-2H3/t17?,19-,21-/m0/s1. The first kappa shape index (κ1) is 20.9. The van der Waals surface area contributed by atoms with Crippen molar-refractivity contribution in [3.8, 4) is 5.75 Å². The van der Waals surface area contributed by atoms with Crippen molar-refractivity contribution in [1.82, 2.24) is 19.5 Å². The molecular weight excluding hydrogens is 402 g/mol. The van der Waals surface area contributed by atoms with Crippen molar-refractivity contribution in [3.05, 3.63) is 58.5 Å². The summed E-state index contributed by atoms with van der Waals surface area (Å²) in [6.45, 7) is 4.60. The molecule has 1 saturated heterocycles. The van der Waals surface area contributed by atoms with Crippen LogP contribution in [0.15, 0.2) is 30.5 Å². The Balaban J connectivity index is 1.47. The van der Waals surface area contributed by atoms with Gasteiger partial charge in [0.05, 0.1) is 17.4 Å². The van der Waals surface area contributed by atoms with E-state index >= 15 is 0 Å². The lowest BCUT2D eigenvalue weighted by atomic mass is 9.98. The predicted octanol–water partition coefficient (Wildman–Crippen LogP) is 4.01. The minimum atomic E-state index is -0.0925. The Hall–Kier alpha value is -2.93. The fourth-order valence-electron chi connectivity index (χ4n) is 5.27. The zero-order valence-corrected chi connectivity index (χ0v) is 18.8. The van der Waals surface area contributed by atoms with Gasteiger partial charge in [-0.3, -0.25) is 4.79 Å². The number of nitrogens with zero attached hydrogens (tertiary/aromatic N) is 4. The number of fused-ring (bicyclic) bond motifs is 1. The molecule has 3 aromatic rings. The number of piperidine rings is 1. The van der Waals surface area contributed by atoms with E-state index in [-0.39, 0.29) is 23.7 Å². The Morgan fingerprint density at radius 1 is 1.12 bits per heavy atom. The fourth-order valence-corrected chi connectivity index (χ4v) is 5.27. The molecule has 7 heteroatoms. The summed E-state index contributed by atoms with van der Waals surface area (Å²) in [6, 6.07) is 7.34. The Kier molecular flexibility index (Phi) is 5.37. The summed E-state index contributed by atoms with van der Waals surface area (Å²) in [5.41, 5.74) is 11.4. The number of carbonyl (C=O) groups excluding carboxylic acids is 1. The molecule has 0 spiro atoms. The summed E-state index contributed by atoms with van der Waals surface area (Å²) in [7, 11) is 0. The highest BCUT2D eigenvalue weighted by atomic mass is 16.3. The van der Waals surface area contributed by atoms with Crippen molar-refractivity contribution < 1.29 is 9.90 Å². The Morgan fingerprint density at radius 2 is 1.97 bits per heavy atom. The van der Waals surface area contributed by atoms with Crippen LogP contribution in [0.25, 0.3) is 5.65 Å². The molecule has 7 nitrogen and oxygen atoms in total. The minimum absolute atomic E-state index is 0.0631. The first-order valence-corrected chi connectivity index (χ1v) is 11.6. The fraction of sp³-hybridized carbons (Fsp3) is 0.480. The van der Waals surface area contributed by atoms with E-state index in [9.17, 15) is 9.90 Å². The highest BCUT2D eigenvalue weighted by molar-refractivity contribution is 5.95. The van der Waals surface area contributed by atoms with E-state index in [0.717, 1.165) is 66.7 Å². The van der Waals surface area contributed by atoms with Crippen LogP contribution in [0.1, 0.15) is 83.4 Å². The van der Waals surface area contributed by atoms with Crippen LogP contribution in [-0.4, -0.2) is 43.1 Å². The van der Waals surface area contributed by atoms with Crippen LogP contribution in [0.4, 0.5) is 0 Å². The SMILES string of the molecule is Cc1ccc(C(=O)N2CCCC[C@H]2c2cc3nc(C4CC[C@H](N)C4)c(C)cn3n2)cc1O. The molecule has 2 aromatic heterocycles. The van der Waals surface area contributed by atoms with Gasteiger partial charge in [0.1, 0.15) is 5.75 Å². The molecule has 32 heavy (non-hydrogen) atoms. The van der Waals surface area contributed by atoms with Gasteiger partial charge in [-0.1, -0.05) is 6.07 Å². The molecule has 3 N–H and O–H groups in total. The number of hydrogen-bond donors (Lipinski definition) is 2. The maximum atomic E-state index is 13.3. The quantitative estimate of drug-likeness (QED) is 0.650. The lowest BCUT2D eigenvalue weighted by Crippen LogP contribution is -2.38. The highest BCUT2D eigenvalue weighted by Crippen LogP contribution is 2.36. The number of nitrogens with two attached hydrogens (primary N) is 1. The Bertz CT molecular complexity index is 1170. The van der Waals surface area contributed by atoms with Crippen molar-refractivity contribution in [1.29, 1.82) is 0 Å². The largest absolute Gasteiger partial charge is 0.508 e. The van der Waals surface area contributed by atoms with Crippen LogP contribution in [-0.2, 0) is 0 Å². The van der Waals surface area contributed by atoms with E-state index in [4.69, 9.17) is 15.8 Å². The molecule has 0 radical (unpaired) electrons. The number of aromatic hydroxyl groups is 1. The summed E-state index contributed by atoms with van der Waals surface area (Å²) in [4.78, 5) is 20.2. The van der Waals surface area contributed by atoms with Crippen molar-refractivity contribution in [2.75, 3.05) is 6.54 Å². The van der Waals surface area contributed by atoms with Crippen LogP contribution >= 0.6 is 0 Å². The molecule has 1 unspecified atom stereocenters. The predicted molar refractivity (Wildman–Crippen MR) is 123 cm³/mol. The molecular formula is C25H31N5O2. The summed E-state index contributed by atoms with van der Waals surface area (Å²) < 4.78 is 1.85. The molecule has 3 heterocycles. The zero-order valence-electron chi connectivity index (χ0n) is 18.8. The van der Waals surface area contributed by atoms with Gasteiger partial charge in [0.25, 0.3) is 5.91 Å². The van der Waals surface area contributed by atoms with Gasteiger partial charge in [-0.25, -0.2) is 9.50 Å². The lowest BCUT2D eigenvalue weighted by molar-refractivity contribution is 0.0605. The van der Waals surface area contributed by atoms with Crippen molar-refractivity contribution in [2.24, 2.45) is 5.73 Å². The number of carbonyl (C=O) groups is 1.